The van der Waals surface area contributed by atoms with E-state index in [9.17, 15) is 8.78 Å². The van der Waals surface area contributed by atoms with Gasteiger partial charge in [-0.3, -0.25) is 0 Å². The summed E-state index contributed by atoms with van der Waals surface area (Å²) in [6.07, 6.45) is 3.18. The van der Waals surface area contributed by atoms with Crippen LogP contribution in [0, 0.1) is 25.5 Å². The second-order valence-electron chi connectivity index (χ2n) is 9.25. The number of ether oxygens (including phenoxy) is 1. The van der Waals surface area contributed by atoms with Crippen LogP contribution >= 0.6 is 8.38 Å². The van der Waals surface area contributed by atoms with E-state index in [1.807, 2.05) is 24.3 Å². The van der Waals surface area contributed by atoms with Gasteiger partial charge in [-0.15, -0.1) is 0 Å². The first-order valence-corrected chi connectivity index (χ1v) is 13.8. The van der Waals surface area contributed by atoms with E-state index < -0.39 is 14.2 Å². The van der Waals surface area contributed by atoms with Crippen molar-refractivity contribution >= 4 is 8.38 Å². The number of nitrogens with one attached hydrogen (secondary N) is 1. The smallest absolute Gasteiger partial charge is 0.164 e. The zero-order valence-corrected chi connectivity index (χ0v) is 21.9. The first kappa shape index (κ1) is 28.2. The first-order chi connectivity index (χ1) is 17.3. The van der Waals surface area contributed by atoms with E-state index >= 15 is 0 Å². The zero-order valence-electron chi connectivity index (χ0n) is 21.0. The van der Waals surface area contributed by atoms with Crippen LogP contribution in [0.4, 0.5) is 8.78 Å². The predicted molar refractivity (Wildman–Crippen MR) is 142 cm³/mol. The van der Waals surface area contributed by atoms with Gasteiger partial charge in [0.15, 0.2) is 8.38 Å². The Morgan fingerprint density at radius 3 is 2.36 bits per heavy atom. The van der Waals surface area contributed by atoms with Crippen LogP contribution in [0.25, 0.3) is 0 Å². The molecule has 0 aliphatic heterocycles. The molecule has 3 rings (SSSR count). The number of hydrogen-bond donors (Lipinski definition) is 3. The Labute approximate surface area is 214 Å². The van der Waals surface area contributed by atoms with Crippen molar-refractivity contribution in [1.29, 1.82) is 0 Å². The fourth-order valence-electron chi connectivity index (χ4n) is 4.21. The van der Waals surface area contributed by atoms with Crippen LogP contribution in [0.2, 0.25) is 0 Å². The Hall–Kier alpha value is -2.37. The maximum absolute atomic E-state index is 14.6. The van der Waals surface area contributed by atoms with Gasteiger partial charge < -0.3 is 19.8 Å². The van der Waals surface area contributed by atoms with Crippen molar-refractivity contribution in [3.8, 4) is 5.75 Å². The Kier molecular flexibility index (Phi) is 11.3. The number of benzene rings is 3. The minimum Gasteiger partial charge on any atom is -0.494 e. The van der Waals surface area contributed by atoms with Gasteiger partial charge in [0.05, 0.1) is 6.61 Å². The van der Waals surface area contributed by atoms with E-state index in [1.165, 1.54) is 23.3 Å². The van der Waals surface area contributed by atoms with Gasteiger partial charge in [-0.25, -0.2) is 8.78 Å². The third-order valence-electron chi connectivity index (χ3n) is 6.38. The molecule has 1 unspecified atom stereocenters. The molecule has 3 aromatic carbocycles. The van der Waals surface area contributed by atoms with Gasteiger partial charge in [0.25, 0.3) is 0 Å². The van der Waals surface area contributed by atoms with Crippen molar-refractivity contribution < 1.29 is 23.3 Å². The number of rotatable bonds is 14. The van der Waals surface area contributed by atoms with Crippen LogP contribution in [0.3, 0.4) is 0 Å². The molecule has 0 radical (unpaired) electrons. The Bertz CT molecular complexity index is 1090. The van der Waals surface area contributed by atoms with Crippen molar-refractivity contribution in [1.82, 2.24) is 5.32 Å². The summed E-state index contributed by atoms with van der Waals surface area (Å²) in [6, 6.07) is 17.8. The van der Waals surface area contributed by atoms with Crippen molar-refractivity contribution in [2.24, 2.45) is 0 Å². The lowest BCUT2D eigenvalue weighted by Gasteiger charge is -2.19. The molecule has 0 amide bonds. The van der Waals surface area contributed by atoms with E-state index in [2.05, 4.69) is 37.4 Å². The minimum absolute atomic E-state index is 0.145. The summed E-state index contributed by atoms with van der Waals surface area (Å²) in [6.45, 7) is 6.05. The molecule has 1 atom stereocenters. The first-order valence-electron chi connectivity index (χ1n) is 12.4. The fraction of sp³-hybridized carbons (Fsp3) is 0.379. The zero-order chi connectivity index (χ0) is 25.9. The molecular weight excluding hydrogens is 479 g/mol. The van der Waals surface area contributed by atoms with Crippen LogP contribution in [0.15, 0.2) is 60.7 Å². The van der Waals surface area contributed by atoms with Gasteiger partial charge >= 0.3 is 0 Å². The van der Waals surface area contributed by atoms with Crippen LogP contribution in [-0.4, -0.2) is 29.1 Å². The average Bonchev–Trinajstić information content (AvgIpc) is 2.85. The Morgan fingerprint density at radius 1 is 0.889 bits per heavy atom. The number of aryl methyl sites for hydroxylation is 2. The molecule has 0 fully saturated rings. The third kappa shape index (κ3) is 9.25. The topological polar surface area (TPSA) is 61.7 Å². The van der Waals surface area contributed by atoms with Gasteiger partial charge in [-0.1, -0.05) is 30.3 Å². The van der Waals surface area contributed by atoms with Crippen molar-refractivity contribution in [3.05, 3.63) is 100 Å². The van der Waals surface area contributed by atoms with Crippen LogP contribution in [-0.2, 0) is 13.0 Å². The van der Waals surface area contributed by atoms with Crippen LogP contribution in [0.1, 0.15) is 53.0 Å². The summed E-state index contributed by atoms with van der Waals surface area (Å²) in [5.41, 5.74) is 5.06. The maximum atomic E-state index is 14.6. The SMILES string of the molecule is Cc1ccc(CC(CCCOc2ccc(CNCCCP(O)O)cc2)c2cc(F)ccc2F)cc1C. The highest BCUT2D eigenvalue weighted by Crippen LogP contribution is 2.29. The summed E-state index contributed by atoms with van der Waals surface area (Å²) in [5.74, 6) is -0.168. The van der Waals surface area contributed by atoms with Crippen LogP contribution < -0.4 is 10.1 Å². The van der Waals surface area contributed by atoms with Gasteiger partial charge in [-0.05, 0) is 110 Å². The second kappa shape index (κ2) is 14.4. The van der Waals surface area contributed by atoms with E-state index in [0.717, 1.165) is 35.9 Å². The highest BCUT2D eigenvalue weighted by atomic mass is 31.2. The molecule has 4 nitrogen and oxygen atoms in total. The lowest BCUT2D eigenvalue weighted by atomic mass is 9.87. The normalized spacial score (nSPS) is 12.2. The molecule has 7 heteroatoms. The molecule has 36 heavy (non-hydrogen) atoms. The molecule has 0 heterocycles. The summed E-state index contributed by atoms with van der Waals surface area (Å²) in [5, 5.41) is 3.28. The van der Waals surface area contributed by atoms with Crippen molar-refractivity contribution in [2.75, 3.05) is 19.3 Å². The largest absolute Gasteiger partial charge is 0.494 e. The van der Waals surface area contributed by atoms with Gasteiger partial charge in [-0.2, -0.15) is 0 Å². The second-order valence-corrected chi connectivity index (χ2v) is 10.4. The highest BCUT2D eigenvalue weighted by Gasteiger charge is 2.18. The molecule has 0 saturated carbocycles. The van der Waals surface area contributed by atoms with Crippen molar-refractivity contribution in [2.45, 2.75) is 52.0 Å². The molecule has 3 N–H and O–H groups in total. The molecular formula is C29H36F2NO3P. The maximum Gasteiger partial charge on any atom is 0.164 e. The predicted octanol–water partition coefficient (Wildman–Crippen LogP) is 6.54. The minimum atomic E-state index is -1.81. The summed E-state index contributed by atoms with van der Waals surface area (Å²) >= 11 is 0. The van der Waals surface area contributed by atoms with E-state index in [4.69, 9.17) is 14.5 Å². The molecule has 3 aromatic rings. The highest BCUT2D eigenvalue weighted by molar-refractivity contribution is 7.45. The number of halogens is 2. The molecule has 0 bridgehead atoms. The quantitative estimate of drug-likeness (QED) is 0.168. The molecule has 0 aliphatic carbocycles. The van der Waals surface area contributed by atoms with E-state index in [1.54, 1.807) is 0 Å². The summed E-state index contributed by atoms with van der Waals surface area (Å²) in [4.78, 5) is 17.9. The summed E-state index contributed by atoms with van der Waals surface area (Å²) in [7, 11) is -1.81. The molecule has 0 aromatic heterocycles. The van der Waals surface area contributed by atoms with E-state index in [0.29, 0.717) is 44.1 Å². The third-order valence-corrected chi connectivity index (χ3v) is 7.10. The van der Waals surface area contributed by atoms with Gasteiger partial charge in [0.1, 0.15) is 17.4 Å². The fourth-order valence-corrected chi connectivity index (χ4v) is 4.65. The molecule has 0 spiro atoms. The van der Waals surface area contributed by atoms with Crippen LogP contribution in [0.5, 0.6) is 5.75 Å². The molecule has 0 saturated heterocycles. The standard InChI is InChI=1S/C29H36F2NO3P/c1-21-6-7-24(17-22(21)2)18-25(28-19-26(30)10-13-29(28)31)5-3-15-35-27-11-8-23(9-12-27)20-32-14-4-16-36(33)34/h6-13,17,19,25,32-34H,3-5,14-16,18,20H2,1-2H3. The van der Waals surface area contributed by atoms with Gasteiger partial charge in [0.2, 0.25) is 0 Å². The average molecular weight is 516 g/mol. The Balaban J connectivity index is 1.52. The Morgan fingerprint density at radius 2 is 1.64 bits per heavy atom. The van der Waals surface area contributed by atoms with E-state index in [-0.39, 0.29) is 11.7 Å². The molecule has 0 aliphatic rings. The lowest BCUT2D eigenvalue weighted by Crippen LogP contribution is -2.15. The van der Waals surface area contributed by atoms with Crippen molar-refractivity contribution in [3.63, 3.8) is 0 Å². The number of hydrogen-bond acceptors (Lipinski definition) is 4. The monoisotopic (exact) mass is 515 g/mol. The summed E-state index contributed by atoms with van der Waals surface area (Å²) < 4.78 is 34.5. The van der Waals surface area contributed by atoms with Gasteiger partial charge in [0, 0.05) is 12.7 Å². The lowest BCUT2D eigenvalue weighted by molar-refractivity contribution is 0.300. The molecule has 194 valence electrons.